The van der Waals surface area contributed by atoms with Gasteiger partial charge < -0.3 is 14.7 Å². The molecule has 4 aromatic rings. The number of nitrogens with one attached hydrogen (secondary N) is 2. The SMILES string of the molecule is CCC(NC(=O)c1nc(-c2cccs2)oc1C)c1ncc(-c2ccccc2)[nH]1. The lowest BCUT2D eigenvalue weighted by Gasteiger charge is -2.14. The molecule has 0 fully saturated rings. The van der Waals surface area contributed by atoms with Crippen LogP contribution in [0, 0.1) is 6.92 Å². The number of carbonyl (C=O) groups excluding carboxylic acids is 1. The molecule has 7 heteroatoms. The Morgan fingerprint density at radius 3 is 2.79 bits per heavy atom. The van der Waals surface area contributed by atoms with Crippen molar-refractivity contribution in [3.8, 4) is 22.0 Å². The second kappa shape index (κ2) is 7.82. The summed E-state index contributed by atoms with van der Waals surface area (Å²) in [5.41, 5.74) is 2.27. The Kier molecular flexibility index (Phi) is 5.08. The number of benzene rings is 1. The van der Waals surface area contributed by atoms with Crippen molar-refractivity contribution in [3.63, 3.8) is 0 Å². The van der Waals surface area contributed by atoms with E-state index in [2.05, 4.69) is 20.3 Å². The van der Waals surface area contributed by atoms with Gasteiger partial charge in [0.25, 0.3) is 5.91 Å². The second-order valence-electron chi connectivity index (χ2n) is 6.38. The lowest BCUT2D eigenvalue weighted by Crippen LogP contribution is -2.29. The monoisotopic (exact) mass is 392 g/mol. The Bertz CT molecular complexity index is 1070. The predicted octanol–water partition coefficient (Wildman–Crippen LogP) is 4.98. The average Bonchev–Trinajstić information content (AvgIpc) is 3.46. The normalized spacial score (nSPS) is 12.1. The number of aromatic amines is 1. The summed E-state index contributed by atoms with van der Waals surface area (Å²) in [5, 5.41) is 4.96. The first-order valence-corrected chi connectivity index (χ1v) is 9.96. The van der Waals surface area contributed by atoms with Crippen molar-refractivity contribution in [1.82, 2.24) is 20.3 Å². The van der Waals surface area contributed by atoms with Crippen molar-refractivity contribution in [2.24, 2.45) is 0 Å². The first-order chi connectivity index (χ1) is 13.7. The first-order valence-electron chi connectivity index (χ1n) is 9.08. The van der Waals surface area contributed by atoms with E-state index in [0.29, 0.717) is 29.6 Å². The number of nitrogens with zero attached hydrogens (tertiary/aromatic N) is 2. The van der Waals surface area contributed by atoms with Gasteiger partial charge in [0.05, 0.1) is 22.8 Å². The molecule has 1 atom stereocenters. The molecule has 0 aliphatic carbocycles. The van der Waals surface area contributed by atoms with Gasteiger partial charge in [0, 0.05) is 0 Å². The van der Waals surface area contributed by atoms with Crippen molar-refractivity contribution < 1.29 is 9.21 Å². The van der Waals surface area contributed by atoms with Crippen LogP contribution in [0.5, 0.6) is 0 Å². The number of rotatable bonds is 6. The number of hydrogen-bond acceptors (Lipinski definition) is 5. The maximum Gasteiger partial charge on any atom is 0.274 e. The molecule has 4 rings (SSSR count). The van der Waals surface area contributed by atoms with Crippen LogP contribution in [0.4, 0.5) is 0 Å². The molecule has 1 unspecified atom stereocenters. The molecule has 0 saturated carbocycles. The molecule has 0 saturated heterocycles. The van der Waals surface area contributed by atoms with Gasteiger partial charge >= 0.3 is 0 Å². The van der Waals surface area contributed by atoms with Gasteiger partial charge in [-0.3, -0.25) is 4.79 Å². The number of imidazole rings is 1. The Morgan fingerprint density at radius 2 is 2.07 bits per heavy atom. The standard InChI is InChI=1S/C21H20N4O2S/c1-3-15(19-22-12-16(23-19)14-8-5-4-6-9-14)24-20(26)18-13(2)27-21(25-18)17-10-7-11-28-17/h4-12,15H,3H2,1-2H3,(H,22,23)(H,24,26). The lowest BCUT2D eigenvalue weighted by atomic mass is 10.2. The van der Waals surface area contributed by atoms with Crippen LogP contribution in [0.1, 0.15) is 41.5 Å². The van der Waals surface area contributed by atoms with Crippen LogP contribution in [0.3, 0.4) is 0 Å². The average molecular weight is 392 g/mol. The van der Waals surface area contributed by atoms with Gasteiger partial charge in [-0.15, -0.1) is 11.3 Å². The number of amides is 1. The fraction of sp³-hybridized carbons (Fsp3) is 0.190. The van der Waals surface area contributed by atoms with E-state index in [1.54, 1.807) is 13.1 Å². The molecule has 142 valence electrons. The van der Waals surface area contributed by atoms with Crippen LogP contribution in [-0.4, -0.2) is 20.9 Å². The predicted molar refractivity (Wildman–Crippen MR) is 109 cm³/mol. The molecule has 28 heavy (non-hydrogen) atoms. The summed E-state index contributed by atoms with van der Waals surface area (Å²) in [6.45, 7) is 3.75. The van der Waals surface area contributed by atoms with Crippen LogP contribution in [0.25, 0.3) is 22.0 Å². The molecular weight excluding hydrogens is 372 g/mol. The highest BCUT2D eigenvalue weighted by molar-refractivity contribution is 7.13. The van der Waals surface area contributed by atoms with Crippen molar-refractivity contribution in [2.45, 2.75) is 26.3 Å². The van der Waals surface area contributed by atoms with Gasteiger partial charge in [-0.05, 0) is 30.4 Å². The topological polar surface area (TPSA) is 83.8 Å². The molecule has 0 aliphatic heterocycles. The van der Waals surface area contributed by atoms with E-state index in [9.17, 15) is 4.79 Å². The van der Waals surface area contributed by atoms with E-state index in [0.717, 1.165) is 16.1 Å². The molecule has 3 heterocycles. The minimum Gasteiger partial charge on any atom is -0.440 e. The molecule has 6 nitrogen and oxygen atoms in total. The summed E-state index contributed by atoms with van der Waals surface area (Å²) in [7, 11) is 0. The van der Waals surface area contributed by atoms with Gasteiger partial charge in [-0.2, -0.15) is 0 Å². The lowest BCUT2D eigenvalue weighted by molar-refractivity contribution is 0.0928. The molecule has 1 amide bonds. The molecule has 0 radical (unpaired) electrons. The summed E-state index contributed by atoms with van der Waals surface area (Å²) >= 11 is 1.52. The highest BCUT2D eigenvalue weighted by Crippen LogP contribution is 2.26. The number of oxazole rings is 1. The summed E-state index contributed by atoms with van der Waals surface area (Å²) in [6.07, 6.45) is 2.48. The smallest absolute Gasteiger partial charge is 0.274 e. The highest BCUT2D eigenvalue weighted by Gasteiger charge is 2.23. The third-order valence-corrected chi connectivity index (χ3v) is 5.33. The van der Waals surface area contributed by atoms with E-state index < -0.39 is 0 Å². The largest absolute Gasteiger partial charge is 0.440 e. The minimum atomic E-state index is -0.270. The van der Waals surface area contributed by atoms with Crippen molar-refractivity contribution in [3.05, 3.63) is 71.3 Å². The zero-order chi connectivity index (χ0) is 19.5. The molecule has 0 spiro atoms. The minimum absolute atomic E-state index is 0.244. The van der Waals surface area contributed by atoms with Crippen LogP contribution >= 0.6 is 11.3 Å². The molecule has 1 aromatic carbocycles. The summed E-state index contributed by atoms with van der Waals surface area (Å²) in [6, 6.07) is 13.6. The first kappa shape index (κ1) is 18.2. The van der Waals surface area contributed by atoms with Gasteiger partial charge in [0.1, 0.15) is 11.6 Å². The van der Waals surface area contributed by atoms with E-state index in [4.69, 9.17) is 4.42 Å². The third kappa shape index (κ3) is 3.61. The van der Waals surface area contributed by atoms with Crippen molar-refractivity contribution >= 4 is 17.2 Å². The Morgan fingerprint density at radius 1 is 1.25 bits per heavy atom. The van der Waals surface area contributed by atoms with Crippen LogP contribution in [0.15, 0.2) is 58.5 Å². The highest BCUT2D eigenvalue weighted by atomic mass is 32.1. The van der Waals surface area contributed by atoms with Gasteiger partial charge in [-0.1, -0.05) is 43.3 Å². The van der Waals surface area contributed by atoms with E-state index >= 15 is 0 Å². The number of hydrogen-bond donors (Lipinski definition) is 2. The third-order valence-electron chi connectivity index (χ3n) is 4.47. The summed E-state index contributed by atoms with van der Waals surface area (Å²) in [5.74, 6) is 1.41. The Balaban J connectivity index is 1.53. The molecule has 0 aliphatic rings. The quantitative estimate of drug-likeness (QED) is 0.484. The molecular formula is C21H20N4O2S. The number of aromatic nitrogens is 3. The fourth-order valence-corrected chi connectivity index (χ4v) is 3.63. The summed E-state index contributed by atoms with van der Waals surface area (Å²) < 4.78 is 5.68. The van der Waals surface area contributed by atoms with Crippen LogP contribution in [0.2, 0.25) is 0 Å². The van der Waals surface area contributed by atoms with Crippen molar-refractivity contribution in [2.75, 3.05) is 0 Å². The zero-order valence-corrected chi connectivity index (χ0v) is 16.4. The van der Waals surface area contributed by atoms with Crippen molar-refractivity contribution in [1.29, 1.82) is 0 Å². The van der Waals surface area contributed by atoms with E-state index in [1.165, 1.54) is 11.3 Å². The Hall–Kier alpha value is -3.19. The van der Waals surface area contributed by atoms with E-state index in [-0.39, 0.29) is 11.9 Å². The number of H-pyrrole nitrogens is 1. The van der Waals surface area contributed by atoms with Crippen LogP contribution < -0.4 is 5.32 Å². The zero-order valence-electron chi connectivity index (χ0n) is 15.6. The second-order valence-corrected chi connectivity index (χ2v) is 7.33. The van der Waals surface area contributed by atoms with Gasteiger partial charge in [-0.25, -0.2) is 9.97 Å². The molecule has 2 N–H and O–H groups in total. The van der Waals surface area contributed by atoms with E-state index in [1.807, 2.05) is 54.8 Å². The maximum absolute atomic E-state index is 12.8. The summed E-state index contributed by atoms with van der Waals surface area (Å²) in [4.78, 5) is 25.9. The van der Waals surface area contributed by atoms with Crippen LogP contribution in [-0.2, 0) is 0 Å². The number of thiophene rings is 1. The molecule has 0 bridgehead atoms. The van der Waals surface area contributed by atoms with Gasteiger partial charge in [0.2, 0.25) is 5.89 Å². The Labute approximate surface area is 166 Å². The number of aryl methyl sites for hydroxylation is 1. The number of carbonyl (C=O) groups is 1. The maximum atomic E-state index is 12.8. The van der Waals surface area contributed by atoms with Gasteiger partial charge in [0.15, 0.2) is 5.69 Å². The molecule has 3 aromatic heterocycles. The fourth-order valence-electron chi connectivity index (χ4n) is 2.98.